The van der Waals surface area contributed by atoms with Crippen LogP contribution in [0.5, 0.6) is 0 Å². The molecule has 0 unspecified atom stereocenters. The fourth-order valence-electron chi connectivity index (χ4n) is 0.841. The van der Waals surface area contributed by atoms with Crippen molar-refractivity contribution in [2.75, 3.05) is 0 Å². The van der Waals surface area contributed by atoms with Gasteiger partial charge in [0.2, 0.25) is 29.1 Å². The average Bonchev–Trinajstić information content (AvgIpc) is 2.28. The lowest BCUT2D eigenvalue weighted by atomic mass is 10.3. The maximum atomic E-state index is 13.2. The van der Waals surface area contributed by atoms with Crippen molar-refractivity contribution in [3.8, 4) is 0 Å². The summed E-state index contributed by atoms with van der Waals surface area (Å²) in [7, 11) is -0.686. The van der Waals surface area contributed by atoms with Crippen LogP contribution in [0.4, 0.5) is 22.0 Å². The molecule has 0 aliphatic heterocycles. The Morgan fingerprint density at radius 3 is 1.37 bits per heavy atom. The Morgan fingerprint density at radius 1 is 0.737 bits per heavy atom. The molecule has 0 heterocycles. The predicted octanol–water partition coefficient (Wildman–Crippen LogP) is 1.78. The normalized spacial score (nSPS) is 12.7. The molecular weight excluding hydrogens is 357 g/mol. The third-order valence-electron chi connectivity index (χ3n) is 1.72. The first-order valence-corrected chi connectivity index (χ1v) is 10.5. The lowest BCUT2D eigenvalue weighted by molar-refractivity contribution is 0.361. The van der Waals surface area contributed by atoms with E-state index in [4.69, 9.17) is 9.79 Å². The third-order valence-corrected chi connectivity index (χ3v) is 12.3. The van der Waals surface area contributed by atoms with E-state index in [-0.39, 0.29) is 0 Å². The molecule has 0 fully saturated rings. The van der Waals surface area contributed by atoms with E-state index >= 15 is 0 Å². The van der Waals surface area contributed by atoms with Gasteiger partial charge in [-0.2, -0.15) is 8.78 Å². The standard InChI is InChI=1S/C6H3F5O4P2S2/c7-1-2(8)4(10)6(5(11)3(1)9)19-17(14,15)16(12,13)18/h(H3-,12,13,14,15,18)/p+1. The maximum Gasteiger partial charge on any atom is 0.457 e. The summed E-state index contributed by atoms with van der Waals surface area (Å²) >= 11 is 3.94. The van der Waals surface area contributed by atoms with Crippen LogP contribution in [-0.2, 0) is 22.7 Å². The molecule has 0 saturated carbocycles. The zero-order valence-electron chi connectivity index (χ0n) is 8.39. The van der Waals surface area contributed by atoms with Gasteiger partial charge in [0.05, 0.1) is 0 Å². The monoisotopic (exact) mass is 361 g/mol. The molecule has 0 spiro atoms. The molecule has 1 rings (SSSR count). The van der Waals surface area contributed by atoms with Crippen molar-refractivity contribution in [3.63, 3.8) is 0 Å². The molecular formula is C6H4F5O4P2S2+. The summed E-state index contributed by atoms with van der Waals surface area (Å²) in [5.41, 5.74) is 0. The molecule has 0 saturated heterocycles. The predicted molar refractivity (Wildman–Crippen MR) is 61.9 cm³/mol. The Kier molecular flexibility index (Phi) is 4.87. The highest BCUT2D eigenvalue weighted by atomic mass is 32.8. The van der Waals surface area contributed by atoms with Crippen molar-refractivity contribution < 1.29 is 41.5 Å². The molecule has 13 heteroatoms. The Balaban J connectivity index is 3.73. The second-order valence-corrected chi connectivity index (χ2v) is 14.2. The van der Waals surface area contributed by atoms with Crippen molar-refractivity contribution in [1.82, 2.24) is 0 Å². The molecule has 0 aliphatic rings. The van der Waals surface area contributed by atoms with E-state index in [1.165, 1.54) is 0 Å². The lowest BCUT2D eigenvalue weighted by Gasteiger charge is -2.06. The number of rotatable bonds is 2. The molecule has 0 atom stereocenters. The van der Waals surface area contributed by atoms with Crippen molar-refractivity contribution in [3.05, 3.63) is 29.1 Å². The van der Waals surface area contributed by atoms with Crippen molar-refractivity contribution in [1.29, 1.82) is 0 Å². The van der Waals surface area contributed by atoms with E-state index in [1.807, 2.05) is 0 Å². The Bertz CT molecular complexity index is 610. The molecule has 0 aromatic heterocycles. The lowest BCUT2D eigenvalue weighted by Crippen LogP contribution is -2.04. The largest absolute Gasteiger partial charge is 0.457 e. The van der Waals surface area contributed by atoms with Crippen LogP contribution in [0, 0.1) is 29.1 Å². The van der Waals surface area contributed by atoms with Gasteiger partial charge >= 0.3 is 17.3 Å². The highest BCUT2D eigenvalue weighted by Gasteiger charge is 2.45. The molecule has 19 heavy (non-hydrogen) atoms. The van der Waals surface area contributed by atoms with Crippen LogP contribution in [-0.4, -0.2) is 19.6 Å². The molecule has 108 valence electrons. The van der Waals surface area contributed by atoms with Crippen LogP contribution in [0.3, 0.4) is 0 Å². The zero-order chi connectivity index (χ0) is 15.2. The van der Waals surface area contributed by atoms with Gasteiger partial charge in [0.25, 0.3) is 10.9 Å². The van der Waals surface area contributed by atoms with Gasteiger partial charge in [0.15, 0.2) is 0 Å². The molecule has 1 aromatic carbocycles. The first-order valence-electron chi connectivity index (χ1n) is 4.01. The summed E-state index contributed by atoms with van der Waals surface area (Å²) in [6.45, 7) is 0. The van der Waals surface area contributed by atoms with Gasteiger partial charge in [-0.3, -0.25) is 0 Å². The Morgan fingerprint density at radius 2 is 1.05 bits per heavy atom. The van der Waals surface area contributed by atoms with Crippen molar-refractivity contribution in [2.24, 2.45) is 0 Å². The summed E-state index contributed by atoms with van der Waals surface area (Å²) < 4.78 is 64.7. The van der Waals surface area contributed by atoms with E-state index in [9.17, 15) is 31.7 Å². The summed E-state index contributed by atoms with van der Waals surface area (Å²) in [5, 5.41) is 0. The molecule has 0 bridgehead atoms. The van der Waals surface area contributed by atoms with Gasteiger partial charge in [-0.05, 0) is 11.8 Å². The summed E-state index contributed by atoms with van der Waals surface area (Å²) in [4.78, 5) is 34.5. The van der Waals surface area contributed by atoms with E-state index < -0.39 is 57.3 Å². The number of hydrogen-bond donors (Lipinski definition) is 4. The fraction of sp³-hybridized carbons (Fsp3) is 0. The van der Waals surface area contributed by atoms with Gasteiger partial charge < -0.3 is 19.6 Å². The van der Waals surface area contributed by atoms with Gasteiger partial charge in [-0.15, -0.1) is 0 Å². The maximum absolute atomic E-state index is 13.2. The van der Waals surface area contributed by atoms with E-state index in [2.05, 4.69) is 11.8 Å². The van der Waals surface area contributed by atoms with Gasteiger partial charge in [0, 0.05) is 0 Å². The Hall–Kier alpha value is 0.01000. The second kappa shape index (κ2) is 5.42. The Labute approximate surface area is 111 Å². The molecule has 4 N–H and O–H groups in total. The number of halogens is 5. The van der Waals surface area contributed by atoms with Gasteiger partial charge in [0.1, 0.15) is 0 Å². The van der Waals surface area contributed by atoms with Crippen LogP contribution >= 0.6 is 12.4 Å². The van der Waals surface area contributed by atoms with Crippen molar-refractivity contribution in [2.45, 2.75) is 4.90 Å². The fourth-order valence-corrected chi connectivity index (χ4v) is 5.66. The smallest absolute Gasteiger partial charge is 0.336 e. The van der Waals surface area contributed by atoms with Crippen LogP contribution in [0.25, 0.3) is 0 Å². The summed E-state index contributed by atoms with van der Waals surface area (Å²) in [6, 6.07) is 0. The average molecular weight is 361 g/mol. The number of benzene rings is 1. The van der Waals surface area contributed by atoms with Crippen molar-refractivity contribution >= 4 is 35.1 Å². The first-order chi connectivity index (χ1) is 8.40. The van der Waals surface area contributed by atoms with Crippen LogP contribution < -0.4 is 0 Å². The number of hydrogen-bond acceptors (Lipinski definition) is 1. The van der Waals surface area contributed by atoms with Crippen LogP contribution in [0.2, 0.25) is 0 Å². The topological polar surface area (TPSA) is 80.9 Å². The zero-order valence-corrected chi connectivity index (χ0v) is 11.8. The molecule has 4 nitrogen and oxygen atoms in total. The highest BCUT2D eigenvalue weighted by molar-refractivity contribution is 8.61. The molecule has 0 radical (unpaired) electrons. The van der Waals surface area contributed by atoms with E-state index in [0.29, 0.717) is 0 Å². The van der Waals surface area contributed by atoms with E-state index in [0.717, 1.165) is 0 Å². The van der Waals surface area contributed by atoms with E-state index in [1.54, 1.807) is 0 Å². The molecule has 1 aromatic rings. The summed E-state index contributed by atoms with van der Waals surface area (Å²) in [5.74, 6) is -11.7. The summed E-state index contributed by atoms with van der Waals surface area (Å²) in [6.07, 6.45) is -9.71. The van der Waals surface area contributed by atoms with Crippen LogP contribution in [0.1, 0.15) is 0 Å². The SMILES string of the molecule is OP(O)(=S)P(O)(O)=[S+]c1c(F)c(F)c(F)c(F)c1F. The van der Waals surface area contributed by atoms with Crippen LogP contribution in [0.15, 0.2) is 4.90 Å². The van der Waals surface area contributed by atoms with Gasteiger partial charge in [-0.1, -0.05) is 0 Å². The minimum atomic E-state index is -4.94. The highest BCUT2D eigenvalue weighted by Crippen LogP contribution is 2.73. The minimum Gasteiger partial charge on any atom is -0.336 e. The first kappa shape index (κ1) is 17.1. The quantitative estimate of drug-likeness (QED) is 0.212. The minimum absolute atomic E-state index is 0.686. The second-order valence-electron chi connectivity index (χ2n) is 3.02. The molecule has 0 aliphatic carbocycles. The van der Waals surface area contributed by atoms with Gasteiger partial charge in [-0.25, -0.2) is 13.2 Å². The third kappa shape index (κ3) is 3.20. The molecule has 0 amide bonds.